The summed E-state index contributed by atoms with van der Waals surface area (Å²) < 4.78 is 4.90. The van der Waals surface area contributed by atoms with Crippen LogP contribution in [0.25, 0.3) is 0 Å². The molecule has 2 aromatic carbocycles. The number of anilines is 2. The Morgan fingerprint density at radius 2 is 1.68 bits per heavy atom. The van der Waals surface area contributed by atoms with Crippen LogP contribution in [0, 0.1) is 0 Å². The van der Waals surface area contributed by atoms with Gasteiger partial charge in [-0.25, -0.2) is 4.79 Å². The van der Waals surface area contributed by atoms with Crippen LogP contribution in [0.3, 0.4) is 0 Å². The number of nitrogen functional groups attached to an aromatic ring is 1. The number of carbonyl (C=O) groups excluding carboxylic acids is 2. The first-order chi connectivity index (χ1) is 10.6. The molecule has 1 amide bonds. The lowest BCUT2D eigenvalue weighted by molar-refractivity contribution is -0.115. The maximum absolute atomic E-state index is 12.0. The topological polar surface area (TPSA) is 81.4 Å². The second-order valence-corrected chi connectivity index (χ2v) is 4.76. The summed E-state index contributed by atoms with van der Waals surface area (Å²) in [6.45, 7) is 2.09. The van der Waals surface area contributed by atoms with Crippen LogP contribution >= 0.6 is 0 Å². The molecule has 5 nitrogen and oxygen atoms in total. The molecule has 0 fully saturated rings. The Morgan fingerprint density at radius 3 is 2.27 bits per heavy atom. The van der Waals surface area contributed by atoms with Crippen LogP contribution in [0.15, 0.2) is 48.5 Å². The number of carbonyl (C=O) groups is 2. The number of nitrogens with one attached hydrogen (secondary N) is 1. The second kappa shape index (κ2) is 7.26. The number of ether oxygens (including phenoxy) is 1. The highest BCUT2D eigenvalue weighted by atomic mass is 16.5. The summed E-state index contributed by atoms with van der Waals surface area (Å²) >= 11 is 0. The number of esters is 1. The van der Waals surface area contributed by atoms with Crippen molar-refractivity contribution in [2.75, 3.05) is 17.7 Å². The molecule has 0 aliphatic heterocycles. The van der Waals surface area contributed by atoms with E-state index in [0.717, 1.165) is 5.56 Å². The molecule has 0 radical (unpaired) electrons. The van der Waals surface area contributed by atoms with Gasteiger partial charge in [-0.2, -0.15) is 0 Å². The van der Waals surface area contributed by atoms with Crippen molar-refractivity contribution in [2.24, 2.45) is 0 Å². The van der Waals surface area contributed by atoms with Crippen molar-refractivity contribution < 1.29 is 14.3 Å². The third-order valence-corrected chi connectivity index (χ3v) is 3.02. The van der Waals surface area contributed by atoms with Gasteiger partial charge in [0.25, 0.3) is 0 Å². The van der Waals surface area contributed by atoms with Gasteiger partial charge in [-0.3, -0.25) is 4.79 Å². The maximum atomic E-state index is 12.0. The monoisotopic (exact) mass is 298 g/mol. The molecule has 2 aromatic rings. The predicted octanol–water partition coefficient (Wildman–Crippen LogP) is 2.63. The largest absolute Gasteiger partial charge is 0.462 e. The van der Waals surface area contributed by atoms with Gasteiger partial charge in [0.2, 0.25) is 5.91 Å². The van der Waals surface area contributed by atoms with E-state index in [1.54, 1.807) is 43.3 Å². The number of hydrogen-bond acceptors (Lipinski definition) is 4. The summed E-state index contributed by atoms with van der Waals surface area (Å²) in [5.74, 6) is -0.504. The molecular weight excluding hydrogens is 280 g/mol. The molecule has 0 saturated carbocycles. The zero-order chi connectivity index (χ0) is 15.9. The van der Waals surface area contributed by atoms with E-state index in [1.165, 1.54) is 0 Å². The van der Waals surface area contributed by atoms with Gasteiger partial charge in [-0.05, 0) is 48.9 Å². The normalized spacial score (nSPS) is 10.0. The zero-order valence-corrected chi connectivity index (χ0v) is 12.3. The van der Waals surface area contributed by atoms with Gasteiger partial charge < -0.3 is 15.8 Å². The van der Waals surface area contributed by atoms with E-state index in [2.05, 4.69) is 5.32 Å². The second-order valence-electron chi connectivity index (χ2n) is 4.76. The summed E-state index contributed by atoms with van der Waals surface area (Å²) in [6, 6.07) is 13.7. The molecule has 0 atom stereocenters. The molecule has 0 aromatic heterocycles. The first-order valence-corrected chi connectivity index (χ1v) is 7.00. The van der Waals surface area contributed by atoms with Gasteiger partial charge in [0.1, 0.15) is 0 Å². The smallest absolute Gasteiger partial charge is 0.338 e. The Bertz CT molecular complexity index is 649. The molecule has 0 heterocycles. The van der Waals surface area contributed by atoms with Crippen molar-refractivity contribution in [1.29, 1.82) is 0 Å². The van der Waals surface area contributed by atoms with Crippen molar-refractivity contribution >= 4 is 23.3 Å². The zero-order valence-electron chi connectivity index (χ0n) is 12.3. The van der Waals surface area contributed by atoms with Crippen LogP contribution in [0.1, 0.15) is 22.8 Å². The van der Waals surface area contributed by atoms with Crippen LogP contribution < -0.4 is 11.1 Å². The molecule has 0 spiro atoms. The maximum Gasteiger partial charge on any atom is 0.338 e. The van der Waals surface area contributed by atoms with E-state index in [9.17, 15) is 9.59 Å². The van der Waals surface area contributed by atoms with Crippen molar-refractivity contribution in [1.82, 2.24) is 0 Å². The fraction of sp³-hybridized carbons (Fsp3) is 0.176. The Hall–Kier alpha value is -2.82. The van der Waals surface area contributed by atoms with Gasteiger partial charge in [0.05, 0.1) is 18.6 Å². The fourth-order valence-electron chi connectivity index (χ4n) is 1.93. The summed E-state index contributed by atoms with van der Waals surface area (Å²) in [7, 11) is 0. The molecule has 0 bridgehead atoms. The van der Waals surface area contributed by atoms with E-state index in [0.29, 0.717) is 23.5 Å². The lowest BCUT2D eigenvalue weighted by Crippen LogP contribution is -2.14. The van der Waals surface area contributed by atoms with E-state index in [1.807, 2.05) is 12.1 Å². The summed E-state index contributed by atoms with van der Waals surface area (Å²) in [5, 5.41) is 2.78. The number of benzene rings is 2. The highest BCUT2D eigenvalue weighted by Gasteiger charge is 2.07. The van der Waals surface area contributed by atoms with Gasteiger partial charge in [0.15, 0.2) is 0 Å². The van der Waals surface area contributed by atoms with Crippen molar-refractivity contribution in [3.8, 4) is 0 Å². The Balaban J connectivity index is 1.94. The first-order valence-electron chi connectivity index (χ1n) is 7.00. The quantitative estimate of drug-likeness (QED) is 0.656. The first kappa shape index (κ1) is 15.6. The Morgan fingerprint density at radius 1 is 1.05 bits per heavy atom. The molecule has 5 heteroatoms. The number of nitrogens with two attached hydrogens (primary N) is 1. The lowest BCUT2D eigenvalue weighted by Gasteiger charge is -2.07. The van der Waals surface area contributed by atoms with Crippen LogP contribution in [-0.2, 0) is 16.0 Å². The third kappa shape index (κ3) is 4.34. The number of amides is 1. The van der Waals surface area contributed by atoms with E-state index in [4.69, 9.17) is 10.5 Å². The third-order valence-electron chi connectivity index (χ3n) is 3.02. The van der Waals surface area contributed by atoms with E-state index >= 15 is 0 Å². The lowest BCUT2D eigenvalue weighted by atomic mass is 10.1. The van der Waals surface area contributed by atoms with Gasteiger partial charge in [-0.1, -0.05) is 12.1 Å². The van der Waals surface area contributed by atoms with Crippen molar-refractivity contribution in [3.05, 3.63) is 59.7 Å². The van der Waals surface area contributed by atoms with E-state index < -0.39 is 0 Å². The minimum atomic E-state index is -0.373. The van der Waals surface area contributed by atoms with Crippen LogP contribution in [0.5, 0.6) is 0 Å². The summed E-state index contributed by atoms with van der Waals surface area (Å²) in [5.41, 5.74) is 8.24. The molecule has 0 unspecified atom stereocenters. The molecule has 0 aliphatic rings. The van der Waals surface area contributed by atoms with Crippen LogP contribution in [0.2, 0.25) is 0 Å². The minimum Gasteiger partial charge on any atom is -0.462 e. The Kier molecular flexibility index (Phi) is 5.14. The van der Waals surface area contributed by atoms with Gasteiger partial charge in [-0.15, -0.1) is 0 Å². The highest BCUT2D eigenvalue weighted by Crippen LogP contribution is 2.12. The predicted molar refractivity (Wildman–Crippen MR) is 85.6 cm³/mol. The molecule has 3 N–H and O–H groups in total. The average Bonchev–Trinajstić information content (AvgIpc) is 2.50. The fourth-order valence-corrected chi connectivity index (χ4v) is 1.93. The van der Waals surface area contributed by atoms with E-state index in [-0.39, 0.29) is 18.3 Å². The molecular formula is C17H18N2O3. The summed E-state index contributed by atoms with van der Waals surface area (Å²) in [4.78, 5) is 23.5. The minimum absolute atomic E-state index is 0.131. The highest BCUT2D eigenvalue weighted by molar-refractivity contribution is 5.94. The molecule has 2 rings (SSSR count). The molecule has 22 heavy (non-hydrogen) atoms. The number of rotatable bonds is 5. The molecule has 0 saturated heterocycles. The standard InChI is InChI=1S/C17H18N2O3/c1-2-22-17(21)13-5-9-15(10-6-13)19-16(20)11-12-3-7-14(18)8-4-12/h3-10H,2,11,18H2,1H3,(H,19,20). The van der Waals surface area contributed by atoms with Crippen LogP contribution in [0.4, 0.5) is 11.4 Å². The Labute approximate surface area is 129 Å². The summed E-state index contributed by atoms with van der Waals surface area (Å²) in [6.07, 6.45) is 0.264. The van der Waals surface area contributed by atoms with Gasteiger partial charge >= 0.3 is 5.97 Å². The molecule has 0 aliphatic carbocycles. The average molecular weight is 298 g/mol. The number of hydrogen-bond donors (Lipinski definition) is 2. The van der Waals surface area contributed by atoms with Crippen molar-refractivity contribution in [3.63, 3.8) is 0 Å². The van der Waals surface area contributed by atoms with Gasteiger partial charge in [0, 0.05) is 11.4 Å². The molecule has 114 valence electrons. The SMILES string of the molecule is CCOC(=O)c1ccc(NC(=O)Cc2ccc(N)cc2)cc1. The van der Waals surface area contributed by atoms with Crippen molar-refractivity contribution in [2.45, 2.75) is 13.3 Å². The van der Waals surface area contributed by atoms with Crippen LogP contribution in [-0.4, -0.2) is 18.5 Å².